The second-order valence-electron chi connectivity index (χ2n) is 5.40. The van der Waals surface area contributed by atoms with Crippen LogP contribution in [0, 0.1) is 13.8 Å². The second-order valence-corrected chi connectivity index (χ2v) is 6.26. The van der Waals surface area contributed by atoms with Gasteiger partial charge >= 0.3 is 0 Å². The normalized spacial score (nSPS) is 13.4. The van der Waals surface area contributed by atoms with Crippen molar-refractivity contribution in [2.75, 3.05) is 0 Å². The summed E-state index contributed by atoms with van der Waals surface area (Å²) < 4.78 is 1.20. The van der Waals surface area contributed by atoms with E-state index in [0.717, 1.165) is 6.42 Å². The van der Waals surface area contributed by atoms with Crippen molar-refractivity contribution >= 4 is 22.0 Å². The van der Waals surface area contributed by atoms with Crippen molar-refractivity contribution in [2.45, 2.75) is 27.2 Å². The Bertz CT molecular complexity index is 693. The van der Waals surface area contributed by atoms with Gasteiger partial charge in [0.1, 0.15) is 0 Å². The van der Waals surface area contributed by atoms with Gasteiger partial charge in [-0.1, -0.05) is 51.8 Å². The van der Waals surface area contributed by atoms with Crippen LogP contribution < -0.4 is 0 Å². The molecule has 0 amide bonds. The van der Waals surface area contributed by atoms with Crippen molar-refractivity contribution in [1.29, 1.82) is 0 Å². The van der Waals surface area contributed by atoms with E-state index in [1.807, 2.05) is 0 Å². The van der Waals surface area contributed by atoms with Crippen LogP contribution in [0.2, 0.25) is 0 Å². The largest absolute Gasteiger partial charge is 0.0682 e. The molecule has 0 spiro atoms. The number of rotatable bonds is 1. The Hall–Kier alpha value is -1.34. The number of halogens is 1. The minimum atomic E-state index is 1.07. The lowest BCUT2D eigenvalue weighted by atomic mass is 9.91. The van der Waals surface area contributed by atoms with Crippen LogP contribution in [0.15, 0.2) is 40.4 Å². The maximum atomic E-state index is 3.67. The number of benzene rings is 2. The third-order valence-corrected chi connectivity index (χ3v) is 4.74. The first-order valence-corrected chi connectivity index (χ1v) is 7.42. The van der Waals surface area contributed by atoms with Gasteiger partial charge < -0.3 is 0 Å². The molecule has 1 aliphatic rings. The van der Waals surface area contributed by atoms with Crippen LogP contribution in [0.4, 0.5) is 0 Å². The van der Waals surface area contributed by atoms with Gasteiger partial charge in [-0.25, -0.2) is 0 Å². The first kappa shape index (κ1) is 12.7. The molecule has 3 rings (SSSR count). The number of allylic oxidation sites excluding steroid dienone is 1. The Morgan fingerprint density at radius 1 is 0.947 bits per heavy atom. The minimum Gasteiger partial charge on any atom is -0.0682 e. The molecule has 0 heterocycles. The van der Waals surface area contributed by atoms with Crippen LogP contribution in [0.1, 0.15) is 29.2 Å². The van der Waals surface area contributed by atoms with Gasteiger partial charge in [-0.05, 0) is 66.6 Å². The summed E-state index contributed by atoms with van der Waals surface area (Å²) in [5, 5.41) is 0. The Morgan fingerprint density at radius 3 is 2.53 bits per heavy atom. The molecule has 0 nitrogen and oxygen atoms in total. The molecule has 2 aromatic carbocycles. The molecule has 0 bridgehead atoms. The molecule has 0 radical (unpaired) electrons. The van der Waals surface area contributed by atoms with Gasteiger partial charge in [0.15, 0.2) is 0 Å². The smallest absolute Gasteiger partial charge is 0.0251 e. The van der Waals surface area contributed by atoms with Crippen molar-refractivity contribution in [2.24, 2.45) is 0 Å². The van der Waals surface area contributed by atoms with Crippen LogP contribution in [0.5, 0.6) is 0 Å². The van der Waals surface area contributed by atoms with E-state index >= 15 is 0 Å². The van der Waals surface area contributed by atoms with Crippen LogP contribution in [-0.2, 0) is 6.42 Å². The zero-order valence-electron chi connectivity index (χ0n) is 11.5. The molecular weight excluding hydrogens is 296 g/mol. The third kappa shape index (κ3) is 2.06. The maximum absolute atomic E-state index is 3.67. The fraction of sp³-hybridized carbons (Fsp3) is 0.222. The fourth-order valence-electron chi connectivity index (χ4n) is 2.85. The molecule has 1 aliphatic carbocycles. The SMILES string of the molecule is CC1=Cc2c(Br)ccc(-c3cccc(C)c3C)c2C1. The lowest BCUT2D eigenvalue weighted by Crippen LogP contribution is -1.94. The molecule has 0 saturated carbocycles. The van der Waals surface area contributed by atoms with Gasteiger partial charge in [-0.15, -0.1) is 0 Å². The molecule has 0 aliphatic heterocycles. The van der Waals surface area contributed by atoms with E-state index < -0.39 is 0 Å². The summed E-state index contributed by atoms with van der Waals surface area (Å²) in [6.45, 7) is 6.61. The van der Waals surface area contributed by atoms with E-state index in [1.165, 1.54) is 43.4 Å². The summed E-state index contributed by atoms with van der Waals surface area (Å²) in [5.74, 6) is 0. The molecule has 0 aromatic heterocycles. The van der Waals surface area contributed by atoms with Crippen molar-refractivity contribution in [1.82, 2.24) is 0 Å². The molecule has 19 heavy (non-hydrogen) atoms. The predicted octanol–water partition coefficient (Wildman–Crippen LogP) is 5.69. The second kappa shape index (κ2) is 4.64. The highest BCUT2D eigenvalue weighted by atomic mass is 79.9. The third-order valence-electron chi connectivity index (χ3n) is 4.05. The minimum absolute atomic E-state index is 1.07. The van der Waals surface area contributed by atoms with Crippen molar-refractivity contribution < 1.29 is 0 Å². The van der Waals surface area contributed by atoms with E-state index in [-0.39, 0.29) is 0 Å². The van der Waals surface area contributed by atoms with E-state index in [9.17, 15) is 0 Å². The zero-order chi connectivity index (χ0) is 13.6. The van der Waals surface area contributed by atoms with Crippen molar-refractivity contribution in [3.05, 3.63) is 62.6 Å². The quantitative estimate of drug-likeness (QED) is 0.634. The predicted molar refractivity (Wildman–Crippen MR) is 86.4 cm³/mol. The molecule has 0 unspecified atom stereocenters. The maximum Gasteiger partial charge on any atom is 0.0251 e. The van der Waals surface area contributed by atoms with Crippen LogP contribution in [0.25, 0.3) is 17.2 Å². The van der Waals surface area contributed by atoms with Gasteiger partial charge in [0.05, 0.1) is 0 Å². The molecule has 1 heteroatoms. The van der Waals surface area contributed by atoms with Gasteiger partial charge in [0, 0.05) is 4.47 Å². The van der Waals surface area contributed by atoms with E-state index in [1.54, 1.807) is 0 Å². The Kier molecular flexibility index (Phi) is 3.10. The van der Waals surface area contributed by atoms with Crippen LogP contribution >= 0.6 is 15.9 Å². The summed E-state index contributed by atoms with van der Waals surface area (Å²) in [6.07, 6.45) is 3.37. The molecule has 0 N–H and O–H groups in total. The highest BCUT2D eigenvalue weighted by Gasteiger charge is 2.18. The summed E-state index contributed by atoms with van der Waals surface area (Å²) in [5.41, 5.74) is 9.75. The topological polar surface area (TPSA) is 0 Å². The number of aryl methyl sites for hydroxylation is 1. The van der Waals surface area contributed by atoms with E-state index in [0.29, 0.717) is 0 Å². The van der Waals surface area contributed by atoms with Crippen LogP contribution in [-0.4, -0.2) is 0 Å². The van der Waals surface area contributed by atoms with Gasteiger partial charge in [0.25, 0.3) is 0 Å². The van der Waals surface area contributed by atoms with Gasteiger partial charge in [-0.2, -0.15) is 0 Å². The summed E-state index contributed by atoms with van der Waals surface area (Å²) >= 11 is 3.67. The summed E-state index contributed by atoms with van der Waals surface area (Å²) in [7, 11) is 0. The number of fused-ring (bicyclic) bond motifs is 1. The fourth-order valence-corrected chi connectivity index (χ4v) is 3.34. The van der Waals surface area contributed by atoms with Crippen molar-refractivity contribution in [3.63, 3.8) is 0 Å². The first-order valence-electron chi connectivity index (χ1n) is 6.63. The highest BCUT2D eigenvalue weighted by molar-refractivity contribution is 9.10. The molecule has 2 aromatic rings. The van der Waals surface area contributed by atoms with Gasteiger partial charge in [-0.3, -0.25) is 0 Å². The van der Waals surface area contributed by atoms with Crippen LogP contribution in [0.3, 0.4) is 0 Å². The molecule has 0 atom stereocenters. The lowest BCUT2D eigenvalue weighted by molar-refractivity contribution is 1.19. The average molecular weight is 313 g/mol. The number of hydrogen-bond acceptors (Lipinski definition) is 0. The molecule has 0 saturated heterocycles. The lowest BCUT2D eigenvalue weighted by Gasteiger charge is -2.14. The number of hydrogen-bond donors (Lipinski definition) is 0. The Labute approximate surface area is 123 Å². The van der Waals surface area contributed by atoms with E-state index in [2.05, 4.69) is 73.1 Å². The van der Waals surface area contributed by atoms with Gasteiger partial charge in [0.2, 0.25) is 0 Å². The standard InChI is InChI=1S/C18H17Br/c1-11-9-16-15(7-8-18(19)17(16)10-11)14-6-4-5-12(2)13(14)3/h4-8,10H,9H2,1-3H3. The summed E-state index contributed by atoms with van der Waals surface area (Å²) in [6, 6.07) is 11.0. The monoisotopic (exact) mass is 312 g/mol. The highest BCUT2D eigenvalue weighted by Crippen LogP contribution is 2.39. The van der Waals surface area contributed by atoms with Crippen molar-refractivity contribution in [3.8, 4) is 11.1 Å². The van der Waals surface area contributed by atoms with E-state index in [4.69, 9.17) is 0 Å². The average Bonchev–Trinajstić information content (AvgIpc) is 2.76. The molecule has 0 fully saturated rings. The zero-order valence-corrected chi connectivity index (χ0v) is 13.1. The Morgan fingerprint density at radius 2 is 1.74 bits per heavy atom. The Balaban J connectivity index is 2.25. The first-order chi connectivity index (χ1) is 9.08. The molecule has 96 valence electrons. The summed E-state index contributed by atoms with van der Waals surface area (Å²) in [4.78, 5) is 0. The molecular formula is C18H17Br.